The normalized spacial score (nSPS) is 13.3. The quantitative estimate of drug-likeness (QED) is 0.709. The molecule has 29 heavy (non-hydrogen) atoms. The van der Waals surface area contributed by atoms with Gasteiger partial charge in [-0.05, 0) is 53.6 Å². The molecule has 2 aromatic carbocycles. The van der Waals surface area contributed by atoms with Crippen LogP contribution in [-0.4, -0.2) is 20.4 Å². The molecule has 0 aromatic heterocycles. The first-order valence-corrected chi connectivity index (χ1v) is 11.4. The van der Waals surface area contributed by atoms with E-state index in [-0.39, 0.29) is 28.8 Å². The predicted octanol–water partition coefficient (Wildman–Crippen LogP) is 4.24. The van der Waals surface area contributed by atoms with Crippen molar-refractivity contribution in [3.05, 3.63) is 65.2 Å². The highest BCUT2D eigenvalue weighted by atomic mass is 32.2. The van der Waals surface area contributed by atoms with Crippen LogP contribution in [0, 0.1) is 5.92 Å². The number of carbonyl (C=O) groups excluding carboxylic acids is 1. The molecule has 0 heterocycles. The Bertz CT molecular complexity index is 926. The molecular weight excluding hydrogens is 384 g/mol. The summed E-state index contributed by atoms with van der Waals surface area (Å²) in [5.41, 5.74) is 2.39. The van der Waals surface area contributed by atoms with E-state index in [0.717, 1.165) is 11.1 Å². The molecule has 158 valence electrons. The van der Waals surface area contributed by atoms with Crippen LogP contribution in [0.3, 0.4) is 0 Å². The molecule has 5 nitrogen and oxygen atoms in total. The number of hydrogen-bond acceptors (Lipinski definition) is 3. The van der Waals surface area contributed by atoms with Crippen molar-refractivity contribution >= 4 is 15.9 Å². The van der Waals surface area contributed by atoms with Gasteiger partial charge in [0.15, 0.2) is 0 Å². The number of sulfonamides is 1. The average Bonchev–Trinajstić information content (AvgIpc) is 2.66. The fraction of sp³-hybridized carbons (Fsp3) is 0.435. The summed E-state index contributed by atoms with van der Waals surface area (Å²) in [6.45, 7) is 12.5. The smallest absolute Gasteiger partial charge is 0.251 e. The molecule has 6 heteroatoms. The van der Waals surface area contributed by atoms with Crippen molar-refractivity contribution in [1.82, 2.24) is 10.0 Å². The average molecular weight is 417 g/mol. The lowest BCUT2D eigenvalue weighted by Crippen LogP contribution is -2.36. The highest BCUT2D eigenvalue weighted by Crippen LogP contribution is 2.23. The molecule has 0 saturated heterocycles. The molecule has 0 aliphatic rings. The topological polar surface area (TPSA) is 75.3 Å². The van der Waals surface area contributed by atoms with E-state index in [2.05, 4.69) is 44.7 Å². The molecule has 0 aliphatic carbocycles. The predicted molar refractivity (Wildman–Crippen MR) is 117 cm³/mol. The van der Waals surface area contributed by atoms with Crippen molar-refractivity contribution in [3.8, 4) is 0 Å². The minimum atomic E-state index is -3.60. The molecule has 1 amide bonds. The van der Waals surface area contributed by atoms with E-state index < -0.39 is 10.0 Å². The first kappa shape index (κ1) is 23.1. The van der Waals surface area contributed by atoms with Gasteiger partial charge >= 0.3 is 0 Å². The van der Waals surface area contributed by atoms with Gasteiger partial charge in [0, 0.05) is 18.2 Å². The van der Waals surface area contributed by atoms with Crippen LogP contribution in [0.2, 0.25) is 0 Å². The molecule has 0 spiro atoms. The summed E-state index contributed by atoms with van der Waals surface area (Å²) in [5.74, 6) is 0.224. The number of carbonyl (C=O) groups is 1. The van der Waals surface area contributed by atoms with Gasteiger partial charge in [0.1, 0.15) is 0 Å². The van der Waals surface area contributed by atoms with Crippen molar-refractivity contribution in [2.75, 3.05) is 0 Å². The zero-order valence-corrected chi connectivity index (χ0v) is 18.9. The van der Waals surface area contributed by atoms with Crippen molar-refractivity contribution in [1.29, 1.82) is 0 Å². The van der Waals surface area contributed by atoms with Crippen molar-refractivity contribution in [3.63, 3.8) is 0 Å². The second-order valence-electron chi connectivity index (χ2n) is 8.80. The Morgan fingerprint density at radius 3 is 1.97 bits per heavy atom. The minimum absolute atomic E-state index is 0.0310. The summed E-state index contributed by atoms with van der Waals surface area (Å²) in [6.07, 6.45) is 0. The first-order valence-electron chi connectivity index (χ1n) is 9.90. The van der Waals surface area contributed by atoms with Gasteiger partial charge in [-0.15, -0.1) is 0 Å². The standard InChI is InChI=1S/C23H32N2O3S/c1-16(2)17(3)25-22(26)19-9-7-18(8-10-19)15-24-29(27,28)21-13-11-20(12-14-21)23(4,5)6/h7-14,16-17,24H,15H2,1-6H3,(H,25,26). The summed E-state index contributed by atoms with van der Waals surface area (Å²) in [7, 11) is -3.60. The Morgan fingerprint density at radius 2 is 1.48 bits per heavy atom. The zero-order valence-electron chi connectivity index (χ0n) is 18.1. The molecule has 0 radical (unpaired) electrons. The minimum Gasteiger partial charge on any atom is -0.349 e. The van der Waals surface area contributed by atoms with Crippen LogP contribution in [0.15, 0.2) is 53.4 Å². The van der Waals surface area contributed by atoms with E-state index in [4.69, 9.17) is 0 Å². The lowest BCUT2D eigenvalue weighted by molar-refractivity contribution is 0.0930. The van der Waals surface area contributed by atoms with Crippen LogP contribution in [0.1, 0.15) is 63.0 Å². The van der Waals surface area contributed by atoms with Gasteiger partial charge in [-0.2, -0.15) is 0 Å². The van der Waals surface area contributed by atoms with Gasteiger partial charge in [-0.3, -0.25) is 4.79 Å². The van der Waals surface area contributed by atoms with E-state index in [9.17, 15) is 13.2 Å². The Kier molecular flexibility index (Phi) is 7.25. The van der Waals surface area contributed by atoms with Crippen LogP contribution in [0.4, 0.5) is 0 Å². The van der Waals surface area contributed by atoms with Gasteiger partial charge in [0.05, 0.1) is 4.90 Å². The maximum Gasteiger partial charge on any atom is 0.251 e. The monoisotopic (exact) mass is 416 g/mol. The number of nitrogens with one attached hydrogen (secondary N) is 2. The molecule has 1 unspecified atom stereocenters. The summed E-state index contributed by atoms with van der Waals surface area (Å²) in [6, 6.07) is 14.0. The van der Waals surface area contributed by atoms with Crippen molar-refractivity contribution < 1.29 is 13.2 Å². The van der Waals surface area contributed by atoms with Crippen LogP contribution < -0.4 is 10.0 Å². The Morgan fingerprint density at radius 1 is 0.931 bits per heavy atom. The molecule has 2 aromatic rings. The van der Waals surface area contributed by atoms with Gasteiger partial charge in [-0.1, -0.05) is 58.9 Å². The lowest BCUT2D eigenvalue weighted by atomic mass is 9.87. The molecular formula is C23H32N2O3S. The first-order chi connectivity index (χ1) is 13.4. The highest BCUT2D eigenvalue weighted by molar-refractivity contribution is 7.89. The van der Waals surface area contributed by atoms with Crippen molar-refractivity contribution in [2.24, 2.45) is 5.92 Å². The highest BCUT2D eigenvalue weighted by Gasteiger charge is 2.18. The molecule has 0 saturated carbocycles. The number of rotatable bonds is 7. The third-order valence-electron chi connectivity index (χ3n) is 5.07. The maximum absolute atomic E-state index is 12.6. The fourth-order valence-electron chi connectivity index (χ4n) is 2.63. The van der Waals surface area contributed by atoms with Gasteiger partial charge in [0.25, 0.3) is 5.91 Å². The molecule has 0 aliphatic heterocycles. The third-order valence-corrected chi connectivity index (χ3v) is 6.49. The van der Waals surface area contributed by atoms with E-state index in [1.807, 2.05) is 19.1 Å². The largest absolute Gasteiger partial charge is 0.349 e. The van der Waals surface area contributed by atoms with E-state index in [1.165, 1.54) is 0 Å². The van der Waals surface area contributed by atoms with Crippen LogP contribution in [0.5, 0.6) is 0 Å². The maximum atomic E-state index is 12.6. The Labute approximate surface area is 175 Å². The number of amides is 1. The Hall–Kier alpha value is -2.18. The van der Waals surface area contributed by atoms with Gasteiger partial charge in [0.2, 0.25) is 10.0 Å². The number of hydrogen-bond donors (Lipinski definition) is 2. The van der Waals surface area contributed by atoms with E-state index in [1.54, 1.807) is 36.4 Å². The molecule has 2 rings (SSSR count). The molecule has 0 fully saturated rings. The van der Waals surface area contributed by atoms with Gasteiger partial charge in [-0.25, -0.2) is 13.1 Å². The summed E-state index contributed by atoms with van der Waals surface area (Å²) >= 11 is 0. The van der Waals surface area contributed by atoms with Crippen LogP contribution >= 0.6 is 0 Å². The molecule has 0 bridgehead atoms. The zero-order chi connectivity index (χ0) is 21.8. The van der Waals surface area contributed by atoms with Crippen molar-refractivity contribution in [2.45, 2.75) is 64.4 Å². The summed E-state index contributed by atoms with van der Waals surface area (Å²) < 4.78 is 27.7. The molecule has 2 N–H and O–H groups in total. The van der Waals surface area contributed by atoms with Crippen LogP contribution in [-0.2, 0) is 22.0 Å². The Balaban J connectivity index is 2.01. The van der Waals surface area contributed by atoms with E-state index in [0.29, 0.717) is 11.5 Å². The van der Waals surface area contributed by atoms with E-state index >= 15 is 0 Å². The van der Waals surface area contributed by atoms with Crippen LogP contribution in [0.25, 0.3) is 0 Å². The fourth-order valence-corrected chi connectivity index (χ4v) is 3.64. The second-order valence-corrected chi connectivity index (χ2v) is 10.6. The number of benzene rings is 2. The SMILES string of the molecule is CC(C)C(C)NC(=O)c1ccc(CNS(=O)(=O)c2ccc(C(C)(C)C)cc2)cc1. The summed E-state index contributed by atoms with van der Waals surface area (Å²) in [5, 5.41) is 2.96. The lowest BCUT2D eigenvalue weighted by Gasteiger charge is -2.19. The molecule has 1 atom stereocenters. The van der Waals surface area contributed by atoms with Gasteiger partial charge < -0.3 is 5.32 Å². The third kappa shape index (κ3) is 6.41. The second kappa shape index (κ2) is 9.09. The summed E-state index contributed by atoms with van der Waals surface area (Å²) in [4.78, 5) is 12.5.